The largest absolute Gasteiger partial charge is 0.493 e. The van der Waals surface area contributed by atoms with Gasteiger partial charge in [0.25, 0.3) is 0 Å². The summed E-state index contributed by atoms with van der Waals surface area (Å²) in [4.78, 5) is 6.90. The van der Waals surface area contributed by atoms with Gasteiger partial charge in [0.15, 0.2) is 17.5 Å². The fourth-order valence-corrected chi connectivity index (χ4v) is 3.40. The van der Waals surface area contributed by atoms with Crippen molar-refractivity contribution in [1.29, 1.82) is 0 Å². The van der Waals surface area contributed by atoms with Crippen LogP contribution in [0.25, 0.3) is 0 Å². The number of rotatable bonds is 7. The number of benzene rings is 1. The van der Waals surface area contributed by atoms with Crippen LogP contribution in [0.15, 0.2) is 23.2 Å². The molecule has 0 aromatic heterocycles. The second-order valence-corrected chi connectivity index (χ2v) is 7.09. The highest BCUT2D eigenvalue weighted by Crippen LogP contribution is 2.27. The number of nitrogens with zero attached hydrogens (tertiary/aromatic N) is 2. The average Bonchev–Trinajstić information content (AvgIpc) is 2.67. The van der Waals surface area contributed by atoms with Crippen LogP contribution < -0.4 is 20.1 Å². The molecule has 27 heavy (non-hydrogen) atoms. The van der Waals surface area contributed by atoms with E-state index in [0.29, 0.717) is 12.6 Å². The van der Waals surface area contributed by atoms with E-state index in [4.69, 9.17) is 9.47 Å². The molecule has 2 unspecified atom stereocenters. The maximum absolute atomic E-state index is 5.36. The number of piperidine rings is 1. The zero-order valence-corrected chi connectivity index (χ0v) is 19.6. The highest BCUT2D eigenvalue weighted by atomic mass is 127. The molecule has 1 aromatic rings. The van der Waals surface area contributed by atoms with Gasteiger partial charge in [-0.25, -0.2) is 0 Å². The minimum Gasteiger partial charge on any atom is -0.493 e. The predicted octanol–water partition coefficient (Wildman–Crippen LogP) is 3.11. The van der Waals surface area contributed by atoms with Crippen LogP contribution in [0.4, 0.5) is 0 Å². The smallest absolute Gasteiger partial charge is 0.191 e. The first kappa shape index (κ1) is 23.8. The third kappa shape index (κ3) is 7.37. The molecule has 154 valence electrons. The maximum atomic E-state index is 5.36. The molecule has 0 amide bonds. The summed E-state index contributed by atoms with van der Waals surface area (Å²) in [6, 6.07) is 6.43. The van der Waals surface area contributed by atoms with Crippen LogP contribution in [-0.4, -0.2) is 57.8 Å². The van der Waals surface area contributed by atoms with Crippen molar-refractivity contribution in [2.45, 2.75) is 39.3 Å². The summed E-state index contributed by atoms with van der Waals surface area (Å²) in [7, 11) is 5.10. The summed E-state index contributed by atoms with van der Waals surface area (Å²) in [5.74, 6) is 3.09. The van der Waals surface area contributed by atoms with Gasteiger partial charge in [0.05, 0.1) is 14.2 Å². The number of hydrogen-bond donors (Lipinski definition) is 2. The van der Waals surface area contributed by atoms with E-state index in [-0.39, 0.29) is 24.0 Å². The number of ether oxygens (including phenoxy) is 2. The Balaban J connectivity index is 0.00000364. The van der Waals surface area contributed by atoms with Crippen molar-refractivity contribution in [2.24, 2.45) is 10.9 Å². The molecule has 2 atom stereocenters. The van der Waals surface area contributed by atoms with Gasteiger partial charge in [-0.3, -0.25) is 9.89 Å². The average molecular weight is 490 g/mol. The Morgan fingerprint density at radius 3 is 2.63 bits per heavy atom. The van der Waals surface area contributed by atoms with Gasteiger partial charge in [0.2, 0.25) is 0 Å². The van der Waals surface area contributed by atoms with E-state index in [1.54, 1.807) is 21.3 Å². The van der Waals surface area contributed by atoms with Crippen molar-refractivity contribution in [3.8, 4) is 11.5 Å². The van der Waals surface area contributed by atoms with E-state index in [1.165, 1.54) is 25.9 Å². The van der Waals surface area contributed by atoms with E-state index in [1.807, 2.05) is 18.2 Å². The Kier molecular flexibility index (Phi) is 10.8. The predicted molar refractivity (Wildman–Crippen MR) is 123 cm³/mol. The summed E-state index contributed by atoms with van der Waals surface area (Å²) in [5, 5.41) is 6.81. The number of likely N-dealkylation sites (tertiary alicyclic amines) is 1. The first-order valence-corrected chi connectivity index (χ1v) is 9.46. The minimum absolute atomic E-state index is 0. The van der Waals surface area contributed by atoms with E-state index in [0.717, 1.165) is 35.5 Å². The van der Waals surface area contributed by atoms with Crippen LogP contribution in [0.5, 0.6) is 11.5 Å². The van der Waals surface area contributed by atoms with Crippen molar-refractivity contribution in [3.63, 3.8) is 0 Å². The van der Waals surface area contributed by atoms with Crippen molar-refractivity contribution in [2.75, 3.05) is 40.9 Å². The first-order chi connectivity index (χ1) is 12.6. The van der Waals surface area contributed by atoms with Crippen LogP contribution in [0.2, 0.25) is 0 Å². The van der Waals surface area contributed by atoms with Crippen molar-refractivity contribution in [1.82, 2.24) is 15.5 Å². The van der Waals surface area contributed by atoms with Crippen molar-refractivity contribution >= 4 is 29.9 Å². The van der Waals surface area contributed by atoms with Gasteiger partial charge in [-0.2, -0.15) is 0 Å². The molecule has 0 spiro atoms. The third-order valence-corrected chi connectivity index (χ3v) is 5.01. The summed E-state index contributed by atoms with van der Waals surface area (Å²) in [6.45, 7) is 8.58. The Bertz CT molecular complexity index is 597. The third-order valence-electron chi connectivity index (χ3n) is 5.01. The molecule has 7 heteroatoms. The summed E-state index contributed by atoms with van der Waals surface area (Å²) in [5.41, 5.74) is 1.11. The molecule has 6 nitrogen and oxygen atoms in total. The van der Waals surface area contributed by atoms with Gasteiger partial charge in [0.1, 0.15) is 0 Å². The molecule has 0 aliphatic carbocycles. The molecular formula is C20H35IN4O2. The van der Waals surface area contributed by atoms with Gasteiger partial charge in [0, 0.05) is 32.7 Å². The second kappa shape index (κ2) is 12.3. The highest BCUT2D eigenvalue weighted by molar-refractivity contribution is 14.0. The van der Waals surface area contributed by atoms with Crippen LogP contribution >= 0.6 is 24.0 Å². The molecule has 1 aliphatic heterocycles. The molecule has 0 radical (unpaired) electrons. The van der Waals surface area contributed by atoms with Gasteiger partial charge in [-0.1, -0.05) is 13.0 Å². The Hall–Kier alpha value is -1.22. The molecule has 2 N–H and O–H groups in total. The summed E-state index contributed by atoms with van der Waals surface area (Å²) in [6.07, 6.45) is 2.66. The van der Waals surface area contributed by atoms with Crippen LogP contribution in [-0.2, 0) is 6.54 Å². The SMILES string of the molecule is CN=C(NCc1ccc(OC)c(OC)c1)NCC(C)N1CCCC(C)C1.I. The molecule has 1 aliphatic rings. The lowest BCUT2D eigenvalue weighted by Gasteiger charge is -2.35. The monoisotopic (exact) mass is 490 g/mol. The lowest BCUT2D eigenvalue weighted by molar-refractivity contribution is 0.139. The number of aliphatic imine (C=N–C) groups is 1. The zero-order valence-electron chi connectivity index (χ0n) is 17.2. The Labute approximate surface area is 181 Å². The summed E-state index contributed by atoms with van der Waals surface area (Å²) >= 11 is 0. The van der Waals surface area contributed by atoms with Crippen molar-refractivity contribution < 1.29 is 9.47 Å². The molecule has 1 heterocycles. The minimum atomic E-state index is 0. The van der Waals surface area contributed by atoms with Crippen molar-refractivity contribution in [3.05, 3.63) is 23.8 Å². The quantitative estimate of drug-likeness (QED) is 0.350. The Morgan fingerprint density at radius 2 is 2.00 bits per heavy atom. The molecule has 1 fully saturated rings. The topological polar surface area (TPSA) is 58.1 Å². The highest BCUT2D eigenvalue weighted by Gasteiger charge is 2.20. The lowest BCUT2D eigenvalue weighted by Crippen LogP contribution is -2.48. The fraction of sp³-hybridized carbons (Fsp3) is 0.650. The number of hydrogen-bond acceptors (Lipinski definition) is 4. The number of halogens is 1. The number of methoxy groups -OCH3 is 2. The number of guanidine groups is 1. The van der Waals surface area contributed by atoms with Gasteiger partial charge >= 0.3 is 0 Å². The fourth-order valence-electron chi connectivity index (χ4n) is 3.40. The van der Waals surface area contributed by atoms with E-state index < -0.39 is 0 Å². The van der Waals surface area contributed by atoms with E-state index >= 15 is 0 Å². The second-order valence-electron chi connectivity index (χ2n) is 7.09. The molecular weight excluding hydrogens is 455 g/mol. The molecule has 1 aromatic carbocycles. The summed E-state index contributed by atoms with van der Waals surface area (Å²) < 4.78 is 10.6. The lowest BCUT2D eigenvalue weighted by atomic mass is 9.99. The van der Waals surface area contributed by atoms with Gasteiger partial charge in [-0.05, 0) is 49.9 Å². The molecule has 0 saturated carbocycles. The molecule has 1 saturated heterocycles. The van der Waals surface area contributed by atoms with Gasteiger partial charge in [-0.15, -0.1) is 24.0 Å². The standard InChI is InChI=1S/C20H34N4O2.HI/c1-15-7-6-10-24(14-15)16(2)12-22-20(21-3)23-13-17-8-9-18(25-4)19(11-17)26-5;/h8-9,11,15-16H,6-7,10,12-14H2,1-5H3,(H2,21,22,23);1H. The van der Waals surface area contributed by atoms with Crippen LogP contribution in [0.3, 0.4) is 0 Å². The normalized spacial score (nSPS) is 19.0. The Morgan fingerprint density at radius 1 is 1.26 bits per heavy atom. The number of nitrogens with one attached hydrogen (secondary N) is 2. The molecule has 0 bridgehead atoms. The van der Waals surface area contributed by atoms with Gasteiger partial charge < -0.3 is 20.1 Å². The zero-order chi connectivity index (χ0) is 18.9. The van der Waals surface area contributed by atoms with E-state index in [2.05, 4.69) is 34.4 Å². The molecule has 2 rings (SSSR count). The maximum Gasteiger partial charge on any atom is 0.191 e. The van der Waals surface area contributed by atoms with Crippen LogP contribution in [0, 0.1) is 5.92 Å². The first-order valence-electron chi connectivity index (χ1n) is 9.46. The van der Waals surface area contributed by atoms with E-state index in [9.17, 15) is 0 Å². The van der Waals surface area contributed by atoms with Crippen LogP contribution in [0.1, 0.15) is 32.3 Å².